The average molecular weight is 203 g/mol. The number of rotatable bonds is 9. The summed E-state index contributed by atoms with van der Waals surface area (Å²) in [6, 6.07) is 0. The number of carboxylic acids is 1. The lowest BCUT2D eigenvalue weighted by atomic mass is 10.0. The summed E-state index contributed by atoms with van der Waals surface area (Å²) in [6.07, 6.45) is 3.00. The predicted molar refractivity (Wildman–Crippen MR) is 55.1 cm³/mol. The Morgan fingerprint density at radius 2 is 2.29 bits per heavy atom. The molecule has 4 heteroatoms. The first-order chi connectivity index (χ1) is 6.70. The van der Waals surface area contributed by atoms with Gasteiger partial charge in [-0.2, -0.15) is 0 Å². The number of hydrogen-bond acceptors (Lipinski definition) is 3. The van der Waals surface area contributed by atoms with Gasteiger partial charge in [0.05, 0.1) is 6.42 Å². The van der Waals surface area contributed by atoms with Crippen molar-refractivity contribution in [2.24, 2.45) is 11.7 Å². The van der Waals surface area contributed by atoms with E-state index in [4.69, 9.17) is 15.6 Å². The Labute approximate surface area is 85.4 Å². The zero-order chi connectivity index (χ0) is 10.8. The molecule has 4 nitrogen and oxygen atoms in total. The average Bonchev–Trinajstić information content (AvgIpc) is 2.12. The number of nitrogens with two attached hydrogens (primary N) is 1. The van der Waals surface area contributed by atoms with Crippen LogP contribution in [0.15, 0.2) is 0 Å². The Bertz CT molecular complexity index is 150. The van der Waals surface area contributed by atoms with Crippen molar-refractivity contribution < 1.29 is 14.6 Å². The number of aliphatic carboxylic acids is 1. The van der Waals surface area contributed by atoms with Gasteiger partial charge in [0.1, 0.15) is 0 Å². The van der Waals surface area contributed by atoms with Crippen molar-refractivity contribution in [2.75, 3.05) is 19.8 Å². The van der Waals surface area contributed by atoms with Crippen molar-refractivity contribution in [2.45, 2.75) is 32.6 Å². The summed E-state index contributed by atoms with van der Waals surface area (Å²) >= 11 is 0. The Kier molecular flexibility index (Phi) is 8.57. The molecule has 0 saturated heterocycles. The molecule has 1 atom stereocenters. The molecule has 0 heterocycles. The van der Waals surface area contributed by atoms with Gasteiger partial charge in [-0.25, -0.2) is 0 Å². The minimum atomic E-state index is -0.775. The van der Waals surface area contributed by atoms with Gasteiger partial charge in [-0.3, -0.25) is 4.79 Å². The van der Waals surface area contributed by atoms with Crippen LogP contribution < -0.4 is 5.73 Å². The molecule has 0 aliphatic heterocycles. The highest BCUT2D eigenvalue weighted by molar-refractivity contribution is 5.67. The van der Waals surface area contributed by atoms with Crippen LogP contribution in [0.25, 0.3) is 0 Å². The quantitative estimate of drug-likeness (QED) is 0.553. The van der Waals surface area contributed by atoms with Crippen LogP contribution in [-0.2, 0) is 9.53 Å². The van der Waals surface area contributed by atoms with Gasteiger partial charge < -0.3 is 15.6 Å². The maximum absolute atomic E-state index is 10.5. The molecule has 0 aromatic carbocycles. The summed E-state index contributed by atoms with van der Waals surface area (Å²) in [7, 11) is 0. The van der Waals surface area contributed by atoms with Crippen molar-refractivity contribution in [3.63, 3.8) is 0 Å². The van der Waals surface area contributed by atoms with Crippen LogP contribution in [0.3, 0.4) is 0 Å². The van der Waals surface area contributed by atoms with E-state index in [9.17, 15) is 4.79 Å². The van der Waals surface area contributed by atoms with E-state index in [0.717, 1.165) is 25.9 Å². The summed E-state index contributed by atoms with van der Waals surface area (Å²) in [4.78, 5) is 10.5. The minimum absolute atomic E-state index is 0.0642. The highest BCUT2D eigenvalue weighted by atomic mass is 16.5. The molecule has 14 heavy (non-hydrogen) atoms. The van der Waals surface area contributed by atoms with Gasteiger partial charge in [-0.05, 0) is 25.3 Å². The SMILES string of the molecule is CCCCOCC(CCN)CC(=O)O. The molecule has 0 amide bonds. The maximum Gasteiger partial charge on any atom is 0.303 e. The third-order valence-electron chi connectivity index (χ3n) is 2.03. The molecule has 0 spiro atoms. The first kappa shape index (κ1) is 13.4. The summed E-state index contributed by atoms with van der Waals surface area (Å²) in [5, 5.41) is 8.62. The molecule has 0 saturated carbocycles. The standard InChI is InChI=1S/C10H21NO3/c1-2-3-6-14-8-9(4-5-11)7-10(12)13/h9H,2-8,11H2,1H3,(H,12,13). The molecular weight excluding hydrogens is 182 g/mol. The Morgan fingerprint density at radius 3 is 2.79 bits per heavy atom. The smallest absolute Gasteiger partial charge is 0.303 e. The Balaban J connectivity index is 3.56. The summed E-state index contributed by atoms with van der Waals surface area (Å²) in [5.41, 5.74) is 5.39. The molecule has 0 aliphatic carbocycles. The minimum Gasteiger partial charge on any atom is -0.481 e. The van der Waals surface area contributed by atoms with Crippen LogP contribution in [0.1, 0.15) is 32.6 Å². The maximum atomic E-state index is 10.5. The van der Waals surface area contributed by atoms with E-state index < -0.39 is 5.97 Å². The van der Waals surface area contributed by atoms with Gasteiger partial charge in [-0.15, -0.1) is 0 Å². The Morgan fingerprint density at radius 1 is 1.57 bits per heavy atom. The van der Waals surface area contributed by atoms with E-state index in [1.807, 2.05) is 0 Å². The van der Waals surface area contributed by atoms with Gasteiger partial charge >= 0.3 is 5.97 Å². The normalized spacial score (nSPS) is 12.7. The lowest BCUT2D eigenvalue weighted by Crippen LogP contribution is -2.18. The molecule has 0 aliphatic rings. The fourth-order valence-electron chi connectivity index (χ4n) is 1.22. The van der Waals surface area contributed by atoms with Gasteiger partial charge in [0.15, 0.2) is 0 Å². The predicted octanol–water partition coefficient (Wildman–Crippen LogP) is 1.24. The van der Waals surface area contributed by atoms with Crippen LogP contribution >= 0.6 is 0 Å². The third kappa shape index (κ3) is 8.01. The van der Waals surface area contributed by atoms with E-state index in [-0.39, 0.29) is 12.3 Å². The largest absolute Gasteiger partial charge is 0.481 e. The van der Waals surface area contributed by atoms with Gasteiger partial charge in [-0.1, -0.05) is 13.3 Å². The van der Waals surface area contributed by atoms with Crippen LogP contribution in [0.4, 0.5) is 0 Å². The monoisotopic (exact) mass is 203 g/mol. The molecule has 3 N–H and O–H groups in total. The first-order valence-electron chi connectivity index (χ1n) is 5.20. The summed E-state index contributed by atoms with van der Waals surface area (Å²) in [6.45, 7) is 3.85. The molecule has 84 valence electrons. The molecule has 0 fully saturated rings. The van der Waals surface area contributed by atoms with E-state index in [1.165, 1.54) is 0 Å². The van der Waals surface area contributed by atoms with Crippen molar-refractivity contribution in [3.8, 4) is 0 Å². The second kappa shape index (κ2) is 8.97. The van der Waals surface area contributed by atoms with Gasteiger partial charge in [0.2, 0.25) is 0 Å². The Hall–Kier alpha value is -0.610. The highest BCUT2D eigenvalue weighted by Gasteiger charge is 2.12. The zero-order valence-electron chi connectivity index (χ0n) is 8.87. The fourth-order valence-corrected chi connectivity index (χ4v) is 1.22. The van der Waals surface area contributed by atoms with E-state index in [0.29, 0.717) is 13.2 Å². The van der Waals surface area contributed by atoms with Crippen molar-refractivity contribution >= 4 is 5.97 Å². The van der Waals surface area contributed by atoms with Crippen molar-refractivity contribution in [3.05, 3.63) is 0 Å². The van der Waals surface area contributed by atoms with Crippen molar-refractivity contribution in [1.82, 2.24) is 0 Å². The molecule has 0 radical (unpaired) electrons. The van der Waals surface area contributed by atoms with E-state index >= 15 is 0 Å². The van der Waals surface area contributed by atoms with Crippen LogP contribution in [0.2, 0.25) is 0 Å². The number of carboxylic acid groups (broad SMARTS) is 1. The molecule has 0 bridgehead atoms. The third-order valence-corrected chi connectivity index (χ3v) is 2.03. The number of ether oxygens (including phenoxy) is 1. The van der Waals surface area contributed by atoms with Crippen molar-refractivity contribution in [1.29, 1.82) is 0 Å². The molecule has 0 aromatic rings. The highest BCUT2D eigenvalue weighted by Crippen LogP contribution is 2.08. The molecule has 0 rings (SSSR count). The lowest BCUT2D eigenvalue weighted by molar-refractivity contribution is -0.138. The first-order valence-corrected chi connectivity index (χ1v) is 5.20. The molecular formula is C10H21NO3. The van der Waals surface area contributed by atoms with Crippen LogP contribution in [-0.4, -0.2) is 30.8 Å². The van der Waals surface area contributed by atoms with Crippen LogP contribution in [0, 0.1) is 5.92 Å². The van der Waals surface area contributed by atoms with Gasteiger partial charge in [0, 0.05) is 13.2 Å². The topological polar surface area (TPSA) is 72.5 Å². The second-order valence-electron chi connectivity index (χ2n) is 3.47. The zero-order valence-corrected chi connectivity index (χ0v) is 8.87. The number of carbonyl (C=O) groups is 1. The summed E-state index contributed by atoms with van der Waals surface area (Å²) in [5.74, 6) is -0.711. The number of unbranched alkanes of at least 4 members (excludes halogenated alkanes) is 1. The van der Waals surface area contributed by atoms with E-state index in [1.54, 1.807) is 0 Å². The second-order valence-corrected chi connectivity index (χ2v) is 3.47. The molecule has 0 aromatic heterocycles. The van der Waals surface area contributed by atoms with Gasteiger partial charge in [0.25, 0.3) is 0 Å². The van der Waals surface area contributed by atoms with Crippen LogP contribution in [0.5, 0.6) is 0 Å². The summed E-state index contributed by atoms with van der Waals surface area (Å²) < 4.78 is 5.37. The fraction of sp³-hybridized carbons (Fsp3) is 0.900. The molecule has 1 unspecified atom stereocenters. The lowest BCUT2D eigenvalue weighted by Gasteiger charge is -2.13. The van der Waals surface area contributed by atoms with E-state index in [2.05, 4.69) is 6.92 Å². The number of hydrogen-bond donors (Lipinski definition) is 2.